The minimum atomic E-state index is -0.375. The highest BCUT2D eigenvalue weighted by Crippen LogP contribution is 2.17. The molecule has 0 spiro atoms. The molecule has 1 rings (SSSR count). The van der Waals surface area contributed by atoms with Crippen molar-refractivity contribution in [3.8, 4) is 5.75 Å². The van der Waals surface area contributed by atoms with E-state index in [9.17, 15) is 4.79 Å². The first-order valence-corrected chi connectivity index (χ1v) is 9.07. The summed E-state index contributed by atoms with van der Waals surface area (Å²) in [6.45, 7) is 3.33. The Morgan fingerprint density at radius 2 is 2.23 bits per heavy atom. The molecule has 7 heteroatoms. The Labute approximate surface area is 151 Å². The van der Waals surface area contributed by atoms with Crippen molar-refractivity contribution in [1.82, 2.24) is 5.32 Å². The molecule has 3 N–H and O–H groups in total. The normalized spacial score (nSPS) is 11.4. The van der Waals surface area contributed by atoms with Crippen molar-refractivity contribution < 1.29 is 9.53 Å². The third-order valence-corrected chi connectivity index (χ3v) is 4.22. The molecule has 1 aromatic rings. The van der Waals surface area contributed by atoms with Gasteiger partial charge in [0.1, 0.15) is 5.75 Å². The second-order valence-corrected chi connectivity index (χ2v) is 6.74. The van der Waals surface area contributed by atoms with Gasteiger partial charge in [-0.2, -0.15) is 11.8 Å². The number of carbonyl (C=O) groups excluding carboxylic acids is 1. The van der Waals surface area contributed by atoms with Crippen molar-refractivity contribution >= 4 is 46.0 Å². The van der Waals surface area contributed by atoms with E-state index in [4.69, 9.17) is 10.5 Å². The smallest absolute Gasteiger partial charge is 0.236 e. The topological polar surface area (TPSA) is 64.4 Å². The molecule has 1 amide bonds. The molecule has 1 unspecified atom stereocenters. The average molecular weight is 412 g/mol. The molecule has 0 radical (unpaired) electrons. The molecule has 0 saturated carbocycles. The molecule has 22 heavy (non-hydrogen) atoms. The van der Waals surface area contributed by atoms with E-state index in [0.29, 0.717) is 13.2 Å². The number of ether oxygens (including phenoxy) is 1. The van der Waals surface area contributed by atoms with Gasteiger partial charge in [-0.15, -0.1) is 12.4 Å². The second-order valence-electron chi connectivity index (χ2n) is 4.60. The van der Waals surface area contributed by atoms with Gasteiger partial charge in [0.2, 0.25) is 5.91 Å². The van der Waals surface area contributed by atoms with Gasteiger partial charge >= 0.3 is 0 Å². The van der Waals surface area contributed by atoms with E-state index >= 15 is 0 Å². The maximum atomic E-state index is 11.6. The highest BCUT2D eigenvalue weighted by molar-refractivity contribution is 9.10. The molecule has 0 bridgehead atoms. The Balaban J connectivity index is 0.00000441. The van der Waals surface area contributed by atoms with Crippen LogP contribution in [0.3, 0.4) is 0 Å². The molecule has 0 saturated heterocycles. The Morgan fingerprint density at radius 3 is 2.91 bits per heavy atom. The first-order valence-electron chi connectivity index (χ1n) is 7.13. The fourth-order valence-corrected chi connectivity index (χ4v) is 2.73. The van der Waals surface area contributed by atoms with Gasteiger partial charge in [-0.25, -0.2) is 0 Å². The molecule has 0 aliphatic rings. The summed E-state index contributed by atoms with van der Waals surface area (Å²) in [4.78, 5) is 11.6. The molecule has 0 heterocycles. The van der Waals surface area contributed by atoms with Crippen LogP contribution in [-0.4, -0.2) is 36.6 Å². The zero-order valence-electron chi connectivity index (χ0n) is 12.7. The van der Waals surface area contributed by atoms with E-state index in [2.05, 4.69) is 21.2 Å². The fraction of sp³-hybridized carbons (Fsp3) is 0.533. The van der Waals surface area contributed by atoms with Crippen LogP contribution in [0, 0.1) is 0 Å². The number of nitrogens with two attached hydrogens (primary N) is 1. The van der Waals surface area contributed by atoms with Crippen LogP contribution in [0.4, 0.5) is 0 Å². The highest BCUT2D eigenvalue weighted by atomic mass is 79.9. The first kappa shape index (κ1) is 21.6. The minimum absolute atomic E-state index is 0. The number of hydrogen-bond donors (Lipinski definition) is 2. The first-order chi connectivity index (χ1) is 10.1. The number of nitrogens with one attached hydrogen (secondary N) is 1. The van der Waals surface area contributed by atoms with Gasteiger partial charge in [-0.05, 0) is 24.6 Å². The van der Waals surface area contributed by atoms with Gasteiger partial charge in [0.05, 0.1) is 12.6 Å². The number of rotatable bonds is 10. The number of halogens is 2. The van der Waals surface area contributed by atoms with Crippen LogP contribution in [0.1, 0.15) is 19.8 Å². The van der Waals surface area contributed by atoms with Gasteiger partial charge < -0.3 is 15.8 Å². The number of hydrogen-bond acceptors (Lipinski definition) is 4. The van der Waals surface area contributed by atoms with Crippen LogP contribution in [0.5, 0.6) is 5.75 Å². The molecule has 1 atom stereocenters. The number of carbonyl (C=O) groups is 1. The largest absolute Gasteiger partial charge is 0.493 e. The molecule has 0 aliphatic carbocycles. The quantitative estimate of drug-likeness (QED) is 0.580. The highest BCUT2D eigenvalue weighted by Gasteiger charge is 2.10. The van der Waals surface area contributed by atoms with Gasteiger partial charge in [0, 0.05) is 22.5 Å². The third kappa shape index (κ3) is 9.56. The standard InChI is InChI=1S/C15H23BrN2O2S.ClH/c1-2-4-14(17)15(19)18-7-9-21-10-8-20-13-6-3-5-12(16)11-13;/h3,5-6,11,14H,2,4,7-10,17H2,1H3,(H,18,19);1H. The van der Waals surface area contributed by atoms with E-state index in [1.165, 1.54) is 0 Å². The molecule has 0 aliphatic heterocycles. The maximum Gasteiger partial charge on any atom is 0.236 e. The molecular weight excluding hydrogens is 388 g/mol. The van der Waals surface area contributed by atoms with Crippen LogP contribution in [0.15, 0.2) is 28.7 Å². The van der Waals surface area contributed by atoms with Crippen LogP contribution < -0.4 is 15.8 Å². The summed E-state index contributed by atoms with van der Waals surface area (Å²) in [5, 5.41) is 2.85. The summed E-state index contributed by atoms with van der Waals surface area (Å²) in [5.74, 6) is 2.57. The van der Waals surface area contributed by atoms with Crippen molar-refractivity contribution in [1.29, 1.82) is 0 Å². The fourth-order valence-electron chi connectivity index (χ4n) is 1.70. The van der Waals surface area contributed by atoms with Gasteiger partial charge in [-0.3, -0.25) is 4.79 Å². The zero-order valence-corrected chi connectivity index (χ0v) is 15.9. The second kappa shape index (κ2) is 13.0. The van der Waals surface area contributed by atoms with Crippen molar-refractivity contribution in [3.05, 3.63) is 28.7 Å². The lowest BCUT2D eigenvalue weighted by Crippen LogP contribution is -2.41. The van der Waals surface area contributed by atoms with E-state index in [-0.39, 0.29) is 24.4 Å². The summed E-state index contributed by atoms with van der Waals surface area (Å²) in [7, 11) is 0. The molecule has 0 aromatic heterocycles. The van der Waals surface area contributed by atoms with Gasteiger partial charge in [-0.1, -0.05) is 35.3 Å². The van der Waals surface area contributed by atoms with E-state index in [1.54, 1.807) is 11.8 Å². The van der Waals surface area contributed by atoms with E-state index in [0.717, 1.165) is 34.6 Å². The van der Waals surface area contributed by atoms with Gasteiger partial charge in [0.15, 0.2) is 0 Å². The van der Waals surface area contributed by atoms with Crippen molar-refractivity contribution in [3.63, 3.8) is 0 Å². The predicted octanol–water partition coefficient (Wildman–Crippen LogP) is 3.23. The predicted molar refractivity (Wildman–Crippen MR) is 100 cm³/mol. The molecule has 4 nitrogen and oxygen atoms in total. The van der Waals surface area contributed by atoms with Crippen molar-refractivity contribution in [2.24, 2.45) is 5.73 Å². The summed E-state index contributed by atoms with van der Waals surface area (Å²) in [5.41, 5.74) is 5.72. The lowest BCUT2D eigenvalue weighted by Gasteiger charge is -2.11. The number of benzene rings is 1. The van der Waals surface area contributed by atoms with Crippen LogP contribution >= 0.6 is 40.1 Å². The summed E-state index contributed by atoms with van der Waals surface area (Å²) in [6, 6.07) is 7.42. The van der Waals surface area contributed by atoms with Crippen molar-refractivity contribution in [2.75, 3.05) is 24.7 Å². The molecule has 1 aromatic carbocycles. The zero-order chi connectivity index (χ0) is 15.5. The summed E-state index contributed by atoms with van der Waals surface area (Å²) < 4.78 is 6.64. The Hall–Kier alpha value is -0.430. The lowest BCUT2D eigenvalue weighted by atomic mass is 10.2. The number of thioether (sulfide) groups is 1. The van der Waals surface area contributed by atoms with Crippen LogP contribution in [0.25, 0.3) is 0 Å². The minimum Gasteiger partial charge on any atom is -0.493 e. The Bertz CT molecular complexity index is 438. The van der Waals surface area contributed by atoms with Crippen LogP contribution in [-0.2, 0) is 4.79 Å². The molecule has 126 valence electrons. The summed E-state index contributed by atoms with van der Waals surface area (Å²) >= 11 is 5.16. The van der Waals surface area contributed by atoms with Crippen LogP contribution in [0.2, 0.25) is 0 Å². The van der Waals surface area contributed by atoms with Gasteiger partial charge in [0.25, 0.3) is 0 Å². The SMILES string of the molecule is CCCC(N)C(=O)NCCSCCOc1cccc(Br)c1.Cl. The maximum absolute atomic E-state index is 11.6. The average Bonchev–Trinajstić information content (AvgIpc) is 2.46. The Morgan fingerprint density at radius 1 is 1.45 bits per heavy atom. The third-order valence-electron chi connectivity index (χ3n) is 2.77. The Kier molecular flexibility index (Phi) is 12.8. The lowest BCUT2D eigenvalue weighted by molar-refractivity contribution is -0.122. The molecular formula is C15H24BrClN2O2S. The molecule has 0 fully saturated rings. The van der Waals surface area contributed by atoms with Crippen molar-refractivity contribution in [2.45, 2.75) is 25.8 Å². The monoisotopic (exact) mass is 410 g/mol. The summed E-state index contributed by atoms with van der Waals surface area (Å²) in [6.07, 6.45) is 1.66. The van der Waals surface area contributed by atoms with E-state index < -0.39 is 0 Å². The number of amides is 1. The van der Waals surface area contributed by atoms with E-state index in [1.807, 2.05) is 31.2 Å².